The molecule has 0 radical (unpaired) electrons. The van der Waals surface area contributed by atoms with E-state index in [2.05, 4.69) is 45.0 Å². The van der Waals surface area contributed by atoms with Crippen LogP contribution in [-0.2, 0) is 6.54 Å². The number of nitrogens with zero attached hydrogens (tertiary/aromatic N) is 3. The van der Waals surface area contributed by atoms with E-state index in [9.17, 15) is 0 Å². The van der Waals surface area contributed by atoms with Gasteiger partial charge in [-0.15, -0.1) is 0 Å². The lowest BCUT2D eigenvalue weighted by Gasteiger charge is -2.34. The average Bonchev–Trinajstić information content (AvgIpc) is 2.81. The lowest BCUT2D eigenvalue weighted by atomic mass is 10.2. The van der Waals surface area contributed by atoms with E-state index >= 15 is 0 Å². The lowest BCUT2D eigenvalue weighted by molar-refractivity contribution is 0.313. The summed E-state index contributed by atoms with van der Waals surface area (Å²) in [6.07, 6.45) is 0. The Morgan fingerprint density at radius 1 is 1.28 bits per heavy atom. The predicted molar refractivity (Wildman–Crippen MR) is 73.7 cm³/mol. The largest absolute Gasteiger partial charge is 0.369 e. The highest BCUT2D eigenvalue weighted by molar-refractivity contribution is 5.79. The van der Waals surface area contributed by atoms with Crippen molar-refractivity contribution in [2.45, 2.75) is 6.54 Å². The fourth-order valence-corrected chi connectivity index (χ4v) is 2.41. The van der Waals surface area contributed by atoms with Crippen molar-refractivity contribution in [2.75, 3.05) is 38.1 Å². The van der Waals surface area contributed by atoms with Gasteiger partial charge in [0.2, 0.25) is 0 Å². The van der Waals surface area contributed by atoms with Crippen LogP contribution < -0.4 is 10.6 Å². The van der Waals surface area contributed by atoms with E-state index in [0.717, 1.165) is 43.0 Å². The van der Waals surface area contributed by atoms with Crippen LogP contribution in [-0.4, -0.2) is 48.1 Å². The maximum atomic E-state index is 5.60. The number of fused-ring (bicyclic) bond motifs is 1. The van der Waals surface area contributed by atoms with Crippen molar-refractivity contribution in [3.63, 3.8) is 0 Å². The summed E-state index contributed by atoms with van der Waals surface area (Å²) in [4.78, 5) is 12.5. The molecule has 0 atom stereocenters. The summed E-state index contributed by atoms with van der Waals surface area (Å²) < 4.78 is 0. The number of aromatic amines is 1. The summed E-state index contributed by atoms with van der Waals surface area (Å²) in [6.45, 7) is 4.86. The average molecular weight is 245 g/mol. The Labute approximate surface area is 107 Å². The van der Waals surface area contributed by atoms with Gasteiger partial charge < -0.3 is 20.5 Å². The van der Waals surface area contributed by atoms with Gasteiger partial charge in [0, 0.05) is 31.9 Å². The molecule has 5 nitrogen and oxygen atoms in total. The number of anilines is 1. The highest BCUT2D eigenvalue weighted by Crippen LogP contribution is 2.21. The second-order valence-corrected chi connectivity index (χ2v) is 4.88. The van der Waals surface area contributed by atoms with Gasteiger partial charge in [0.05, 0.1) is 17.6 Å². The lowest BCUT2D eigenvalue weighted by Crippen LogP contribution is -2.44. The number of nitrogens with two attached hydrogens (primary N) is 1. The van der Waals surface area contributed by atoms with Crippen LogP contribution >= 0.6 is 0 Å². The van der Waals surface area contributed by atoms with Gasteiger partial charge in [-0.2, -0.15) is 0 Å². The van der Waals surface area contributed by atoms with Crippen LogP contribution in [0.1, 0.15) is 5.82 Å². The van der Waals surface area contributed by atoms with Crippen LogP contribution in [0.15, 0.2) is 18.2 Å². The molecule has 0 amide bonds. The Bertz CT molecular complexity index is 539. The Kier molecular flexibility index (Phi) is 2.93. The summed E-state index contributed by atoms with van der Waals surface area (Å²) in [5.41, 5.74) is 8.94. The summed E-state index contributed by atoms with van der Waals surface area (Å²) in [5.74, 6) is 0.848. The third-order valence-corrected chi connectivity index (χ3v) is 3.58. The second kappa shape index (κ2) is 4.59. The molecule has 2 aromatic rings. The van der Waals surface area contributed by atoms with Gasteiger partial charge in [0.15, 0.2) is 0 Å². The first-order valence-electron chi connectivity index (χ1n) is 6.38. The Balaban J connectivity index is 1.88. The zero-order valence-corrected chi connectivity index (χ0v) is 10.7. The molecule has 0 aliphatic carbocycles. The summed E-state index contributed by atoms with van der Waals surface area (Å²) in [5, 5.41) is 0. The van der Waals surface area contributed by atoms with Gasteiger partial charge in [0.25, 0.3) is 0 Å². The normalized spacial score (nSPS) is 17.6. The predicted octanol–water partition coefficient (Wildman–Crippen LogP) is 0.773. The van der Waals surface area contributed by atoms with E-state index in [4.69, 9.17) is 5.73 Å². The van der Waals surface area contributed by atoms with Crippen molar-refractivity contribution < 1.29 is 0 Å². The van der Waals surface area contributed by atoms with Crippen molar-refractivity contribution in [2.24, 2.45) is 5.73 Å². The number of hydrogen-bond donors (Lipinski definition) is 2. The monoisotopic (exact) mass is 245 g/mol. The fourth-order valence-electron chi connectivity index (χ4n) is 2.41. The van der Waals surface area contributed by atoms with Crippen molar-refractivity contribution in [1.82, 2.24) is 14.9 Å². The Hall–Kier alpha value is -1.59. The first kappa shape index (κ1) is 11.5. The molecule has 1 aromatic carbocycles. The van der Waals surface area contributed by atoms with Gasteiger partial charge in [-0.25, -0.2) is 4.98 Å². The molecule has 1 aromatic heterocycles. The molecule has 0 saturated carbocycles. The molecule has 96 valence electrons. The number of rotatable bonds is 2. The molecule has 3 rings (SSSR count). The standard InChI is InChI=1S/C13H19N5/c1-17-4-6-18(7-5-17)10-2-3-11-12(8-10)16-13(9-14)15-11/h2-3,8H,4-7,9,14H2,1H3,(H,15,16). The molecule has 1 fully saturated rings. The minimum Gasteiger partial charge on any atom is -0.369 e. The first-order chi connectivity index (χ1) is 8.76. The summed E-state index contributed by atoms with van der Waals surface area (Å²) in [7, 11) is 2.17. The molecule has 0 unspecified atom stereocenters. The van der Waals surface area contributed by atoms with Crippen molar-refractivity contribution in [3.05, 3.63) is 24.0 Å². The van der Waals surface area contributed by atoms with E-state index in [0.29, 0.717) is 6.54 Å². The molecular weight excluding hydrogens is 226 g/mol. The molecule has 18 heavy (non-hydrogen) atoms. The number of imidazole rings is 1. The minimum absolute atomic E-state index is 0.457. The van der Waals surface area contributed by atoms with Gasteiger partial charge >= 0.3 is 0 Å². The van der Waals surface area contributed by atoms with Crippen LogP contribution in [0.3, 0.4) is 0 Å². The van der Waals surface area contributed by atoms with Gasteiger partial charge in [0.1, 0.15) is 5.82 Å². The molecule has 1 aliphatic heterocycles. The summed E-state index contributed by atoms with van der Waals surface area (Å²) in [6, 6.07) is 6.39. The van der Waals surface area contributed by atoms with Crippen LogP contribution in [0.5, 0.6) is 0 Å². The topological polar surface area (TPSA) is 61.2 Å². The first-order valence-corrected chi connectivity index (χ1v) is 6.38. The van der Waals surface area contributed by atoms with Crippen LogP contribution in [0.4, 0.5) is 5.69 Å². The van der Waals surface area contributed by atoms with Crippen LogP contribution in [0.2, 0.25) is 0 Å². The van der Waals surface area contributed by atoms with Crippen LogP contribution in [0, 0.1) is 0 Å². The quantitative estimate of drug-likeness (QED) is 0.820. The van der Waals surface area contributed by atoms with Gasteiger partial charge in [-0.05, 0) is 25.2 Å². The number of aromatic nitrogens is 2. The molecule has 0 bridgehead atoms. The Morgan fingerprint density at radius 2 is 2.06 bits per heavy atom. The third kappa shape index (κ3) is 2.07. The fraction of sp³-hybridized carbons (Fsp3) is 0.462. The Morgan fingerprint density at radius 3 is 2.78 bits per heavy atom. The molecule has 3 N–H and O–H groups in total. The zero-order chi connectivity index (χ0) is 12.5. The molecular formula is C13H19N5. The number of piperazine rings is 1. The van der Waals surface area contributed by atoms with Crippen molar-refractivity contribution in [1.29, 1.82) is 0 Å². The number of hydrogen-bond acceptors (Lipinski definition) is 4. The van der Waals surface area contributed by atoms with Crippen molar-refractivity contribution in [3.8, 4) is 0 Å². The van der Waals surface area contributed by atoms with Gasteiger partial charge in [-0.1, -0.05) is 0 Å². The van der Waals surface area contributed by atoms with Crippen LogP contribution in [0.25, 0.3) is 11.0 Å². The molecule has 0 spiro atoms. The highest BCUT2D eigenvalue weighted by Gasteiger charge is 2.14. The van der Waals surface area contributed by atoms with E-state index < -0.39 is 0 Å². The van der Waals surface area contributed by atoms with Gasteiger partial charge in [-0.3, -0.25) is 0 Å². The maximum absolute atomic E-state index is 5.60. The van der Waals surface area contributed by atoms with E-state index in [-0.39, 0.29) is 0 Å². The second-order valence-electron chi connectivity index (χ2n) is 4.88. The SMILES string of the molecule is CN1CCN(c2ccc3nc(CN)[nH]c3c2)CC1. The number of H-pyrrole nitrogens is 1. The van der Waals surface area contributed by atoms with E-state index in [1.807, 2.05) is 0 Å². The smallest absolute Gasteiger partial charge is 0.121 e. The minimum atomic E-state index is 0.457. The molecule has 1 saturated heterocycles. The zero-order valence-electron chi connectivity index (χ0n) is 10.7. The van der Waals surface area contributed by atoms with E-state index in [1.165, 1.54) is 5.69 Å². The van der Waals surface area contributed by atoms with E-state index in [1.54, 1.807) is 0 Å². The molecule has 2 heterocycles. The third-order valence-electron chi connectivity index (χ3n) is 3.58. The van der Waals surface area contributed by atoms with Crippen molar-refractivity contribution >= 4 is 16.7 Å². The molecule has 1 aliphatic rings. The molecule has 5 heteroatoms. The highest BCUT2D eigenvalue weighted by atomic mass is 15.2. The summed E-state index contributed by atoms with van der Waals surface area (Å²) >= 11 is 0. The number of likely N-dealkylation sites (N-methyl/N-ethyl adjacent to an activating group) is 1. The number of nitrogens with one attached hydrogen (secondary N) is 1. The number of benzene rings is 1. The maximum Gasteiger partial charge on any atom is 0.121 e.